The van der Waals surface area contributed by atoms with Crippen molar-refractivity contribution in [1.82, 2.24) is 9.97 Å². The highest BCUT2D eigenvalue weighted by molar-refractivity contribution is 7.92. The molecular weight excluding hydrogens is 442 g/mol. The van der Waals surface area contributed by atoms with Crippen molar-refractivity contribution in [3.05, 3.63) is 54.2 Å². The molecule has 2 aromatic carbocycles. The third kappa shape index (κ3) is 4.80. The zero-order valence-corrected chi connectivity index (χ0v) is 19.1. The highest BCUT2D eigenvalue weighted by Crippen LogP contribution is 2.33. The molecule has 1 saturated heterocycles. The summed E-state index contributed by atoms with van der Waals surface area (Å²) in [5.74, 6) is 2.41. The Morgan fingerprint density at radius 1 is 0.879 bits per heavy atom. The molecule has 33 heavy (non-hydrogen) atoms. The Morgan fingerprint density at radius 2 is 1.58 bits per heavy atom. The van der Waals surface area contributed by atoms with Crippen LogP contribution < -0.4 is 24.4 Å². The van der Waals surface area contributed by atoms with E-state index in [2.05, 4.69) is 24.9 Å². The van der Waals surface area contributed by atoms with Crippen molar-refractivity contribution in [3.8, 4) is 11.5 Å². The minimum absolute atomic E-state index is 0.111. The molecule has 0 atom stereocenters. The number of anilines is 4. The maximum absolute atomic E-state index is 12.8. The largest absolute Gasteiger partial charge is 0.486 e. The standard InChI is InChI=1S/C23H25N5O4S/c1-16-14-22(26-23(24-16)28-10-2-3-11-28)25-17-4-6-18(7-5-17)27-33(29,30)19-8-9-20-21(15-19)32-13-12-31-20/h4-9,14-15,27H,2-3,10-13H2,1H3,(H,24,25,26). The molecule has 0 amide bonds. The molecule has 2 aliphatic heterocycles. The molecule has 0 aliphatic carbocycles. The van der Waals surface area contributed by atoms with Crippen molar-refractivity contribution in [2.45, 2.75) is 24.7 Å². The number of benzene rings is 2. The van der Waals surface area contributed by atoms with E-state index in [1.54, 1.807) is 30.3 Å². The predicted molar refractivity (Wildman–Crippen MR) is 126 cm³/mol. The van der Waals surface area contributed by atoms with E-state index < -0.39 is 10.0 Å². The molecule has 2 aliphatic rings. The zero-order valence-electron chi connectivity index (χ0n) is 18.2. The Morgan fingerprint density at radius 3 is 2.33 bits per heavy atom. The van der Waals surface area contributed by atoms with Crippen molar-refractivity contribution >= 4 is 33.2 Å². The van der Waals surface area contributed by atoms with Gasteiger partial charge in [0.15, 0.2) is 11.5 Å². The van der Waals surface area contributed by atoms with E-state index in [-0.39, 0.29) is 4.90 Å². The van der Waals surface area contributed by atoms with Gasteiger partial charge in [-0.2, -0.15) is 4.98 Å². The predicted octanol–water partition coefficient (Wildman–Crippen LogP) is 3.70. The fourth-order valence-corrected chi connectivity index (χ4v) is 4.92. The summed E-state index contributed by atoms with van der Waals surface area (Å²) in [6.45, 7) is 4.74. The van der Waals surface area contributed by atoms with Crippen LogP contribution in [0.15, 0.2) is 53.4 Å². The number of rotatable bonds is 6. The number of hydrogen-bond donors (Lipinski definition) is 2. The second kappa shape index (κ2) is 8.78. The van der Waals surface area contributed by atoms with Crippen LogP contribution in [-0.4, -0.2) is 44.7 Å². The van der Waals surface area contributed by atoms with E-state index in [1.807, 2.05) is 13.0 Å². The number of hydrogen-bond acceptors (Lipinski definition) is 8. The Kier molecular flexibility index (Phi) is 5.67. The maximum Gasteiger partial charge on any atom is 0.262 e. The summed E-state index contributed by atoms with van der Waals surface area (Å²) in [4.78, 5) is 11.5. The second-order valence-corrected chi connectivity index (χ2v) is 9.68. The molecule has 9 nitrogen and oxygen atoms in total. The maximum atomic E-state index is 12.8. The van der Waals surface area contributed by atoms with Crippen LogP contribution >= 0.6 is 0 Å². The van der Waals surface area contributed by atoms with E-state index in [0.717, 1.165) is 43.3 Å². The number of aromatic nitrogens is 2. The molecule has 3 aromatic rings. The Balaban J connectivity index is 1.29. The van der Waals surface area contributed by atoms with Crippen molar-refractivity contribution in [1.29, 1.82) is 0 Å². The van der Waals surface area contributed by atoms with Gasteiger partial charge in [-0.05, 0) is 56.2 Å². The first-order valence-corrected chi connectivity index (χ1v) is 12.3. The lowest BCUT2D eigenvalue weighted by molar-refractivity contribution is 0.171. The number of fused-ring (bicyclic) bond motifs is 1. The molecule has 0 bridgehead atoms. The van der Waals surface area contributed by atoms with E-state index in [0.29, 0.717) is 36.2 Å². The molecule has 3 heterocycles. The molecule has 5 rings (SSSR count). The van der Waals surface area contributed by atoms with Crippen molar-refractivity contribution in [3.63, 3.8) is 0 Å². The monoisotopic (exact) mass is 467 g/mol. The van der Waals surface area contributed by atoms with Crippen LogP contribution in [0.4, 0.5) is 23.1 Å². The summed E-state index contributed by atoms with van der Waals surface area (Å²) in [6.07, 6.45) is 2.31. The average Bonchev–Trinajstić information content (AvgIpc) is 3.35. The van der Waals surface area contributed by atoms with Crippen LogP contribution in [0.5, 0.6) is 11.5 Å². The van der Waals surface area contributed by atoms with Crippen LogP contribution in [0.2, 0.25) is 0 Å². The molecule has 1 fully saturated rings. The van der Waals surface area contributed by atoms with E-state index in [1.165, 1.54) is 12.1 Å². The summed E-state index contributed by atoms with van der Waals surface area (Å²) in [7, 11) is -3.77. The SMILES string of the molecule is Cc1cc(Nc2ccc(NS(=O)(=O)c3ccc4c(c3)OCCO4)cc2)nc(N2CCCC2)n1. The van der Waals surface area contributed by atoms with Gasteiger partial charge in [-0.25, -0.2) is 13.4 Å². The van der Waals surface area contributed by atoms with Crippen molar-refractivity contribution < 1.29 is 17.9 Å². The highest BCUT2D eigenvalue weighted by Gasteiger charge is 2.20. The van der Waals surface area contributed by atoms with Crippen molar-refractivity contribution in [2.75, 3.05) is 41.2 Å². The lowest BCUT2D eigenvalue weighted by atomic mass is 10.3. The molecule has 0 unspecified atom stereocenters. The lowest BCUT2D eigenvalue weighted by Crippen LogP contribution is -2.21. The van der Waals surface area contributed by atoms with Gasteiger partial charge in [0.2, 0.25) is 5.95 Å². The van der Waals surface area contributed by atoms with Crippen LogP contribution in [0.25, 0.3) is 0 Å². The average molecular weight is 468 g/mol. The van der Waals surface area contributed by atoms with Gasteiger partial charge in [0, 0.05) is 42.3 Å². The van der Waals surface area contributed by atoms with Gasteiger partial charge in [-0.15, -0.1) is 0 Å². The topological polar surface area (TPSA) is 106 Å². The highest BCUT2D eigenvalue weighted by atomic mass is 32.2. The minimum Gasteiger partial charge on any atom is -0.486 e. The molecule has 2 N–H and O–H groups in total. The number of sulfonamides is 1. The number of ether oxygens (including phenoxy) is 2. The van der Waals surface area contributed by atoms with Crippen LogP contribution in [-0.2, 0) is 10.0 Å². The van der Waals surface area contributed by atoms with Crippen molar-refractivity contribution in [2.24, 2.45) is 0 Å². The number of aryl methyl sites for hydroxylation is 1. The molecular formula is C23H25N5O4S. The zero-order chi connectivity index (χ0) is 22.8. The van der Waals surface area contributed by atoms with E-state index in [9.17, 15) is 8.42 Å². The first-order chi connectivity index (χ1) is 16.0. The van der Waals surface area contributed by atoms with Gasteiger partial charge in [-0.1, -0.05) is 0 Å². The summed E-state index contributed by atoms with van der Waals surface area (Å²) in [5, 5.41) is 3.28. The third-order valence-electron chi connectivity index (χ3n) is 5.46. The first kappa shape index (κ1) is 21.3. The van der Waals surface area contributed by atoms with Crippen LogP contribution in [0, 0.1) is 6.92 Å². The smallest absolute Gasteiger partial charge is 0.262 e. The van der Waals surface area contributed by atoms with Gasteiger partial charge in [-0.3, -0.25) is 4.72 Å². The fourth-order valence-electron chi connectivity index (χ4n) is 3.85. The third-order valence-corrected chi connectivity index (χ3v) is 6.84. The summed E-state index contributed by atoms with van der Waals surface area (Å²) < 4.78 is 39.2. The second-order valence-electron chi connectivity index (χ2n) is 8.00. The molecule has 0 spiro atoms. The number of nitrogens with zero attached hydrogens (tertiary/aromatic N) is 3. The van der Waals surface area contributed by atoms with E-state index >= 15 is 0 Å². The van der Waals surface area contributed by atoms with Gasteiger partial charge in [0.05, 0.1) is 4.90 Å². The molecule has 172 valence electrons. The van der Waals surface area contributed by atoms with E-state index in [4.69, 9.17) is 9.47 Å². The van der Waals surface area contributed by atoms with Gasteiger partial charge < -0.3 is 19.7 Å². The van der Waals surface area contributed by atoms with Gasteiger partial charge in [0.25, 0.3) is 10.0 Å². The summed E-state index contributed by atoms with van der Waals surface area (Å²) >= 11 is 0. The first-order valence-electron chi connectivity index (χ1n) is 10.9. The molecule has 10 heteroatoms. The quantitative estimate of drug-likeness (QED) is 0.565. The Bertz CT molecular complexity index is 1260. The normalized spacial score (nSPS) is 15.4. The Hall–Kier alpha value is -3.53. The molecule has 0 saturated carbocycles. The summed E-state index contributed by atoms with van der Waals surface area (Å²) in [5.41, 5.74) is 2.13. The fraction of sp³-hybridized carbons (Fsp3) is 0.304. The van der Waals surface area contributed by atoms with Gasteiger partial charge in [0.1, 0.15) is 19.0 Å². The lowest BCUT2D eigenvalue weighted by Gasteiger charge is -2.19. The number of nitrogens with one attached hydrogen (secondary N) is 2. The van der Waals surface area contributed by atoms with Gasteiger partial charge >= 0.3 is 0 Å². The molecule has 0 radical (unpaired) electrons. The minimum atomic E-state index is -3.77. The summed E-state index contributed by atoms with van der Waals surface area (Å²) in [6, 6.07) is 13.5. The Labute approximate surface area is 192 Å². The van der Waals surface area contributed by atoms with Crippen LogP contribution in [0.3, 0.4) is 0 Å². The van der Waals surface area contributed by atoms with Crippen LogP contribution in [0.1, 0.15) is 18.5 Å². The molecule has 1 aromatic heterocycles.